The van der Waals surface area contributed by atoms with Crippen LogP contribution in [0.2, 0.25) is 0 Å². The molecule has 2 atom stereocenters. The summed E-state index contributed by atoms with van der Waals surface area (Å²) in [5, 5.41) is 26.3. The molecule has 1 aromatic heterocycles. The summed E-state index contributed by atoms with van der Waals surface area (Å²) in [6.45, 7) is 0.690. The Kier molecular flexibility index (Phi) is 6.56. The Morgan fingerprint density at radius 3 is 2.63 bits per heavy atom. The molecule has 2 amide bonds. The first-order valence-corrected chi connectivity index (χ1v) is 11.6. The molecule has 0 radical (unpaired) electrons. The molecule has 180 valence electrons. The summed E-state index contributed by atoms with van der Waals surface area (Å²) in [6.07, 6.45) is 1.38. The molecular formula is C27H28N4O4. The van der Waals surface area contributed by atoms with Crippen LogP contribution in [-0.2, 0) is 6.54 Å². The molecule has 8 nitrogen and oxygen atoms in total. The number of urea groups is 1. The molecule has 1 aliphatic heterocycles. The summed E-state index contributed by atoms with van der Waals surface area (Å²) in [4.78, 5) is 18.0. The molecule has 2 unspecified atom stereocenters. The van der Waals surface area contributed by atoms with E-state index >= 15 is 0 Å². The number of aromatic nitrogens is 1. The minimum Gasteiger partial charge on any atom is -0.489 e. The molecule has 0 spiro atoms. The molecule has 0 saturated carbocycles. The molecule has 0 saturated heterocycles. The predicted octanol–water partition coefficient (Wildman–Crippen LogP) is 4.32. The van der Waals surface area contributed by atoms with Gasteiger partial charge in [0, 0.05) is 29.6 Å². The van der Waals surface area contributed by atoms with E-state index in [-0.39, 0.29) is 18.7 Å². The van der Waals surface area contributed by atoms with Gasteiger partial charge in [0.15, 0.2) is 0 Å². The first-order chi connectivity index (χ1) is 17.1. The average molecular weight is 473 g/mol. The van der Waals surface area contributed by atoms with E-state index in [4.69, 9.17) is 4.74 Å². The average Bonchev–Trinajstić information content (AvgIpc) is 3.34. The number of benzene rings is 3. The Hall–Kier alpha value is -4.01. The van der Waals surface area contributed by atoms with E-state index in [1.165, 1.54) is 0 Å². The number of amides is 2. The lowest BCUT2D eigenvalue weighted by Gasteiger charge is -2.39. The first kappa shape index (κ1) is 22.8. The third-order valence-corrected chi connectivity index (χ3v) is 6.16. The summed E-state index contributed by atoms with van der Waals surface area (Å²) in [7, 11) is 0. The number of carbonyl (C=O) groups is 1. The van der Waals surface area contributed by atoms with Crippen molar-refractivity contribution >= 4 is 34.0 Å². The third-order valence-electron chi connectivity index (χ3n) is 6.16. The zero-order valence-electron chi connectivity index (χ0n) is 19.1. The molecule has 0 bridgehead atoms. The molecule has 4 aromatic rings. The van der Waals surface area contributed by atoms with Crippen LogP contribution in [0, 0.1) is 0 Å². The maximum Gasteiger partial charge on any atom is 0.323 e. The van der Waals surface area contributed by atoms with E-state index in [2.05, 4.69) is 20.5 Å². The summed E-state index contributed by atoms with van der Waals surface area (Å²) < 4.78 is 5.97. The number of hydrogen-bond donors (Lipinski definition) is 5. The number of fused-ring (bicyclic) bond motifs is 2. The molecule has 8 heteroatoms. The van der Waals surface area contributed by atoms with E-state index in [1.807, 2.05) is 72.9 Å². The number of carbonyl (C=O) groups excluding carboxylic acids is 1. The summed E-state index contributed by atoms with van der Waals surface area (Å²) in [5.74, 6) is 0.707. The van der Waals surface area contributed by atoms with Crippen LogP contribution in [0.5, 0.6) is 5.75 Å². The van der Waals surface area contributed by atoms with Crippen molar-refractivity contribution < 1.29 is 19.7 Å². The number of ether oxygens (including phenoxy) is 1. The van der Waals surface area contributed by atoms with Gasteiger partial charge in [0.2, 0.25) is 0 Å². The van der Waals surface area contributed by atoms with Crippen LogP contribution in [0.1, 0.15) is 12.0 Å². The van der Waals surface area contributed by atoms with Gasteiger partial charge in [-0.15, -0.1) is 0 Å². The SMILES string of the molecule is O=C(Nc1ccc2c(c1)N(Cc1ccccc1)C(CC(O)CO)CO2)Nc1ccc2cc[nH]c2c1. The van der Waals surface area contributed by atoms with Crippen molar-refractivity contribution in [2.24, 2.45) is 0 Å². The third kappa shape index (κ3) is 5.24. The lowest BCUT2D eigenvalue weighted by Crippen LogP contribution is -2.45. The van der Waals surface area contributed by atoms with Crippen LogP contribution in [0.3, 0.4) is 0 Å². The Bertz CT molecular complexity index is 1310. The fourth-order valence-electron chi connectivity index (χ4n) is 4.41. The Morgan fingerprint density at radius 2 is 1.83 bits per heavy atom. The number of nitrogens with one attached hydrogen (secondary N) is 3. The van der Waals surface area contributed by atoms with Crippen molar-refractivity contribution in [3.8, 4) is 5.75 Å². The van der Waals surface area contributed by atoms with Gasteiger partial charge < -0.3 is 35.5 Å². The van der Waals surface area contributed by atoms with Crippen LogP contribution in [0.25, 0.3) is 10.9 Å². The van der Waals surface area contributed by atoms with Crippen LogP contribution in [0.4, 0.5) is 21.9 Å². The minimum absolute atomic E-state index is 0.138. The van der Waals surface area contributed by atoms with E-state index in [9.17, 15) is 15.0 Å². The van der Waals surface area contributed by atoms with Crippen LogP contribution < -0.4 is 20.3 Å². The summed E-state index contributed by atoms with van der Waals surface area (Å²) >= 11 is 0. The van der Waals surface area contributed by atoms with E-state index < -0.39 is 6.10 Å². The van der Waals surface area contributed by atoms with Crippen molar-refractivity contribution in [3.63, 3.8) is 0 Å². The molecule has 5 rings (SSSR count). The molecule has 3 aromatic carbocycles. The summed E-state index contributed by atoms with van der Waals surface area (Å²) in [6, 6.07) is 22.7. The fraction of sp³-hybridized carbons (Fsp3) is 0.222. The second kappa shape index (κ2) is 10.1. The maximum absolute atomic E-state index is 12.7. The normalized spacial score (nSPS) is 15.8. The number of anilines is 3. The standard InChI is InChI=1S/C27H28N4O4/c32-16-23(33)14-22-17-35-26-9-8-21(13-25(26)31(22)15-18-4-2-1-3-5-18)30-27(34)29-20-7-6-19-10-11-28-24(19)12-20/h1-13,22-23,28,32-33H,14-17H2,(H2,29,30,34). The van der Waals surface area contributed by atoms with Crippen molar-refractivity contribution in [3.05, 3.63) is 84.6 Å². The van der Waals surface area contributed by atoms with Crippen LogP contribution in [0.15, 0.2) is 79.0 Å². The maximum atomic E-state index is 12.7. The van der Waals surface area contributed by atoms with Gasteiger partial charge in [-0.3, -0.25) is 0 Å². The van der Waals surface area contributed by atoms with Gasteiger partial charge in [-0.2, -0.15) is 0 Å². The second-order valence-electron chi connectivity index (χ2n) is 8.69. The number of aliphatic hydroxyl groups excluding tert-OH is 2. The number of H-pyrrole nitrogens is 1. The number of aliphatic hydroxyl groups is 2. The molecule has 1 aliphatic rings. The number of aromatic amines is 1. The minimum atomic E-state index is -0.840. The zero-order valence-corrected chi connectivity index (χ0v) is 19.1. The van der Waals surface area contributed by atoms with E-state index in [1.54, 1.807) is 6.07 Å². The molecule has 2 heterocycles. The van der Waals surface area contributed by atoms with Gasteiger partial charge in [0.1, 0.15) is 12.4 Å². The van der Waals surface area contributed by atoms with Gasteiger partial charge in [0.05, 0.1) is 24.4 Å². The predicted molar refractivity (Wildman–Crippen MR) is 137 cm³/mol. The number of hydrogen-bond acceptors (Lipinski definition) is 5. The highest BCUT2D eigenvalue weighted by Crippen LogP contribution is 2.38. The smallest absolute Gasteiger partial charge is 0.323 e. The van der Waals surface area contributed by atoms with Crippen molar-refractivity contribution in [2.75, 3.05) is 28.7 Å². The van der Waals surface area contributed by atoms with E-state index in [0.29, 0.717) is 36.7 Å². The highest BCUT2D eigenvalue weighted by atomic mass is 16.5. The largest absolute Gasteiger partial charge is 0.489 e. The zero-order chi connectivity index (χ0) is 24.2. The van der Waals surface area contributed by atoms with Crippen molar-refractivity contribution in [1.82, 2.24) is 4.98 Å². The molecule has 0 fully saturated rings. The van der Waals surface area contributed by atoms with Crippen LogP contribution in [-0.4, -0.2) is 46.6 Å². The van der Waals surface area contributed by atoms with Gasteiger partial charge in [-0.1, -0.05) is 36.4 Å². The highest BCUT2D eigenvalue weighted by Gasteiger charge is 2.30. The first-order valence-electron chi connectivity index (χ1n) is 11.6. The van der Waals surface area contributed by atoms with E-state index in [0.717, 1.165) is 22.2 Å². The monoisotopic (exact) mass is 472 g/mol. The highest BCUT2D eigenvalue weighted by molar-refractivity contribution is 6.01. The van der Waals surface area contributed by atoms with Gasteiger partial charge in [-0.05, 0) is 53.8 Å². The summed E-state index contributed by atoms with van der Waals surface area (Å²) in [5.41, 5.74) is 4.18. The quantitative estimate of drug-likeness (QED) is 0.275. The van der Waals surface area contributed by atoms with Gasteiger partial charge >= 0.3 is 6.03 Å². The van der Waals surface area contributed by atoms with Crippen molar-refractivity contribution in [1.29, 1.82) is 0 Å². The van der Waals surface area contributed by atoms with Gasteiger partial charge in [0.25, 0.3) is 0 Å². The Labute approximate surface area is 203 Å². The fourth-order valence-corrected chi connectivity index (χ4v) is 4.41. The number of rotatable bonds is 7. The Morgan fingerprint density at radius 1 is 1.06 bits per heavy atom. The molecule has 35 heavy (non-hydrogen) atoms. The second-order valence-corrected chi connectivity index (χ2v) is 8.69. The van der Waals surface area contributed by atoms with Crippen LogP contribution >= 0.6 is 0 Å². The van der Waals surface area contributed by atoms with Gasteiger partial charge in [-0.25, -0.2) is 4.79 Å². The lowest BCUT2D eigenvalue weighted by atomic mass is 10.0. The molecular weight excluding hydrogens is 444 g/mol. The molecule has 0 aliphatic carbocycles. The topological polar surface area (TPSA) is 110 Å². The lowest BCUT2D eigenvalue weighted by molar-refractivity contribution is 0.0741. The van der Waals surface area contributed by atoms with Crippen molar-refractivity contribution in [2.45, 2.75) is 25.1 Å². The number of nitrogens with zero attached hydrogens (tertiary/aromatic N) is 1. The Balaban J connectivity index is 1.36. The molecule has 5 N–H and O–H groups in total.